The van der Waals surface area contributed by atoms with Crippen LogP contribution in [0.15, 0.2) is 4.99 Å². The second-order valence-corrected chi connectivity index (χ2v) is 1.86. The average Bonchev–Trinajstić information content (AvgIpc) is 1.89. The Kier molecular flexibility index (Phi) is 5.72. The minimum atomic E-state index is -0.490. The molecule has 0 aliphatic carbocycles. The van der Waals surface area contributed by atoms with E-state index in [1.54, 1.807) is 6.92 Å². The lowest BCUT2D eigenvalue weighted by molar-refractivity contribution is 0.156. The molecule has 0 aromatic rings. The zero-order chi connectivity index (χ0) is 7.82. The predicted octanol–water partition coefficient (Wildman–Crippen LogP) is 2.01. The van der Waals surface area contributed by atoms with E-state index in [4.69, 9.17) is 0 Å². The number of ether oxygens (including phenoxy) is 1. The highest BCUT2D eigenvalue weighted by Gasteiger charge is 1.94. The minimum absolute atomic E-state index is 0.479. The Hall–Kier alpha value is -0.860. The van der Waals surface area contributed by atoms with Crippen molar-refractivity contribution in [2.45, 2.75) is 26.7 Å². The molecule has 0 saturated carbocycles. The van der Waals surface area contributed by atoms with E-state index in [1.165, 1.54) is 6.21 Å². The fourth-order valence-corrected chi connectivity index (χ4v) is 0.446. The first-order valence-corrected chi connectivity index (χ1v) is 3.46. The normalized spacial score (nSPS) is 10.2. The number of carbonyl (C=O) groups excluding carboxylic acids is 1. The van der Waals surface area contributed by atoms with Crippen molar-refractivity contribution in [3.63, 3.8) is 0 Å². The van der Waals surface area contributed by atoms with Crippen LogP contribution in [0.3, 0.4) is 0 Å². The first kappa shape index (κ1) is 9.14. The molecule has 0 saturated heterocycles. The molecule has 0 aliphatic rings. The third-order valence-corrected chi connectivity index (χ3v) is 0.958. The highest BCUT2D eigenvalue weighted by molar-refractivity contribution is 5.78. The second-order valence-electron chi connectivity index (χ2n) is 1.86. The van der Waals surface area contributed by atoms with Gasteiger partial charge in [0.05, 0.1) is 6.61 Å². The smallest absolute Gasteiger partial charge is 0.433 e. The summed E-state index contributed by atoms with van der Waals surface area (Å²) in [5, 5.41) is 0. The topological polar surface area (TPSA) is 38.7 Å². The van der Waals surface area contributed by atoms with Crippen molar-refractivity contribution in [2.75, 3.05) is 6.61 Å². The molecule has 0 bridgehead atoms. The van der Waals surface area contributed by atoms with Crippen molar-refractivity contribution in [1.29, 1.82) is 0 Å². The van der Waals surface area contributed by atoms with Crippen molar-refractivity contribution in [3.05, 3.63) is 0 Å². The number of rotatable bonds is 3. The molecule has 0 N–H and O–H groups in total. The zero-order valence-electron chi connectivity index (χ0n) is 6.46. The van der Waals surface area contributed by atoms with E-state index >= 15 is 0 Å². The van der Waals surface area contributed by atoms with E-state index in [1.807, 2.05) is 6.92 Å². The largest absolute Gasteiger partial charge is 0.448 e. The van der Waals surface area contributed by atoms with Crippen LogP contribution in [0.25, 0.3) is 0 Å². The molecule has 0 heterocycles. The molecule has 0 aromatic carbocycles. The second kappa shape index (κ2) is 6.26. The third-order valence-electron chi connectivity index (χ3n) is 0.958. The molecule has 0 radical (unpaired) electrons. The molecule has 0 unspecified atom stereocenters. The molecule has 10 heavy (non-hydrogen) atoms. The van der Waals surface area contributed by atoms with Crippen molar-refractivity contribution in [3.8, 4) is 0 Å². The lowest BCUT2D eigenvalue weighted by atomic mass is 10.4. The Labute approximate surface area is 61.1 Å². The molecule has 0 fully saturated rings. The number of carbonyl (C=O) groups is 1. The van der Waals surface area contributed by atoms with Gasteiger partial charge in [-0.1, -0.05) is 13.3 Å². The molecule has 0 atom stereocenters. The fourth-order valence-electron chi connectivity index (χ4n) is 0.446. The molecule has 1 amide bonds. The number of hydrogen-bond donors (Lipinski definition) is 0. The van der Waals surface area contributed by atoms with Crippen LogP contribution >= 0.6 is 0 Å². The maximum Gasteiger partial charge on any atom is 0.433 e. The van der Waals surface area contributed by atoms with Crippen molar-refractivity contribution in [2.24, 2.45) is 4.99 Å². The van der Waals surface area contributed by atoms with Crippen LogP contribution in [-0.2, 0) is 4.74 Å². The molecule has 58 valence electrons. The monoisotopic (exact) mass is 143 g/mol. The van der Waals surface area contributed by atoms with Crippen LogP contribution in [0.2, 0.25) is 0 Å². The van der Waals surface area contributed by atoms with Gasteiger partial charge < -0.3 is 4.74 Å². The molecular weight excluding hydrogens is 130 g/mol. The summed E-state index contributed by atoms with van der Waals surface area (Å²) in [7, 11) is 0. The van der Waals surface area contributed by atoms with E-state index < -0.39 is 6.09 Å². The number of aliphatic imine (C=N–C) groups is 1. The number of hydrogen-bond acceptors (Lipinski definition) is 2. The van der Waals surface area contributed by atoms with Gasteiger partial charge >= 0.3 is 6.09 Å². The van der Waals surface area contributed by atoms with E-state index in [2.05, 4.69) is 9.73 Å². The summed E-state index contributed by atoms with van der Waals surface area (Å²) in [5.41, 5.74) is 0. The summed E-state index contributed by atoms with van der Waals surface area (Å²) in [6.45, 7) is 4.20. The lowest BCUT2D eigenvalue weighted by Gasteiger charge is -1.96. The number of nitrogens with zero attached hydrogens (tertiary/aromatic N) is 1. The van der Waals surface area contributed by atoms with E-state index in [0.717, 1.165) is 12.8 Å². The first-order chi connectivity index (χ1) is 4.81. The molecule has 0 aliphatic heterocycles. The quantitative estimate of drug-likeness (QED) is 0.447. The lowest BCUT2D eigenvalue weighted by Crippen LogP contribution is -1.99. The first-order valence-electron chi connectivity index (χ1n) is 3.46. The summed E-state index contributed by atoms with van der Waals surface area (Å²) >= 11 is 0. The number of amides is 1. The minimum Gasteiger partial charge on any atom is -0.448 e. The van der Waals surface area contributed by atoms with Crippen LogP contribution in [0.5, 0.6) is 0 Å². The summed E-state index contributed by atoms with van der Waals surface area (Å²) in [6.07, 6.45) is 2.87. The summed E-state index contributed by atoms with van der Waals surface area (Å²) in [4.78, 5) is 13.9. The third kappa shape index (κ3) is 5.28. The van der Waals surface area contributed by atoms with Crippen molar-refractivity contribution < 1.29 is 9.53 Å². The van der Waals surface area contributed by atoms with E-state index in [0.29, 0.717) is 6.61 Å². The van der Waals surface area contributed by atoms with Crippen LogP contribution in [0.1, 0.15) is 26.7 Å². The Morgan fingerprint density at radius 1 is 1.70 bits per heavy atom. The van der Waals surface area contributed by atoms with Gasteiger partial charge in [0.25, 0.3) is 0 Å². The number of unbranched alkanes of at least 4 members (excludes halogenated alkanes) is 1. The Balaban J connectivity index is 3.22. The Bertz CT molecular complexity index is 121. The highest BCUT2D eigenvalue weighted by Crippen LogP contribution is 1.89. The molecule has 0 rings (SSSR count). The maximum absolute atomic E-state index is 10.5. The van der Waals surface area contributed by atoms with Crippen molar-refractivity contribution >= 4 is 12.3 Å². The van der Waals surface area contributed by atoms with E-state index in [-0.39, 0.29) is 0 Å². The summed E-state index contributed by atoms with van der Waals surface area (Å²) in [5.74, 6) is 0. The van der Waals surface area contributed by atoms with Crippen LogP contribution in [-0.4, -0.2) is 18.9 Å². The SMILES string of the molecule is CC=NC(=O)OCCCC. The van der Waals surface area contributed by atoms with Gasteiger partial charge in [0.1, 0.15) is 0 Å². The average molecular weight is 143 g/mol. The van der Waals surface area contributed by atoms with Gasteiger partial charge in [0.2, 0.25) is 0 Å². The van der Waals surface area contributed by atoms with E-state index in [9.17, 15) is 4.79 Å². The molecule has 0 spiro atoms. The van der Waals surface area contributed by atoms with Crippen molar-refractivity contribution in [1.82, 2.24) is 0 Å². The van der Waals surface area contributed by atoms with Gasteiger partial charge in [0.15, 0.2) is 0 Å². The summed E-state index contributed by atoms with van der Waals surface area (Å²) < 4.78 is 4.69. The highest BCUT2D eigenvalue weighted by atomic mass is 16.5. The molecule has 0 aromatic heterocycles. The van der Waals surface area contributed by atoms with Crippen LogP contribution in [0.4, 0.5) is 4.79 Å². The molecule has 3 nitrogen and oxygen atoms in total. The van der Waals surface area contributed by atoms with Crippen LogP contribution < -0.4 is 0 Å². The zero-order valence-corrected chi connectivity index (χ0v) is 6.46. The Morgan fingerprint density at radius 2 is 2.40 bits per heavy atom. The summed E-state index contributed by atoms with van der Waals surface area (Å²) in [6, 6.07) is 0. The predicted molar refractivity (Wildman–Crippen MR) is 40.4 cm³/mol. The maximum atomic E-state index is 10.5. The Morgan fingerprint density at radius 3 is 2.90 bits per heavy atom. The molecular formula is C7H13NO2. The van der Waals surface area contributed by atoms with Crippen LogP contribution in [0, 0.1) is 0 Å². The molecule has 3 heteroatoms. The van der Waals surface area contributed by atoms with Gasteiger partial charge in [-0.05, 0) is 13.3 Å². The van der Waals surface area contributed by atoms with Gasteiger partial charge in [-0.3, -0.25) is 0 Å². The van der Waals surface area contributed by atoms with Gasteiger partial charge in [0, 0.05) is 6.21 Å². The van der Waals surface area contributed by atoms with Gasteiger partial charge in [-0.2, -0.15) is 4.99 Å². The van der Waals surface area contributed by atoms with Gasteiger partial charge in [-0.25, -0.2) is 4.79 Å². The standard InChI is InChI=1S/C7H13NO2/c1-3-5-6-10-7(9)8-4-2/h4H,3,5-6H2,1-2H3. The fraction of sp³-hybridized carbons (Fsp3) is 0.714. The van der Waals surface area contributed by atoms with Gasteiger partial charge in [-0.15, -0.1) is 0 Å².